The van der Waals surface area contributed by atoms with Crippen LogP contribution in [-0.2, 0) is 0 Å². The van der Waals surface area contributed by atoms with Crippen molar-refractivity contribution in [1.82, 2.24) is 5.32 Å². The van der Waals surface area contributed by atoms with Gasteiger partial charge in [0, 0.05) is 6.04 Å². The average molecular weight is 225 g/mol. The predicted molar refractivity (Wildman–Crippen MR) is 73.1 cm³/mol. The van der Waals surface area contributed by atoms with Gasteiger partial charge in [0.15, 0.2) is 0 Å². The average Bonchev–Trinajstić information content (AvgIpc) is 2.86. The Morgan fingerprint density at radius 1 is 1.12 bits per heavy atom. The van der Waals surface area contributed by atoms with Gasteiger partial charge >= 0.3 is 0 Å². The van der Waals surface area contributed by atoms with Crippen molar-refractivity contribution in [2.24, 2.45) is 5.92 Å². The van der Waals surface area contributed by atoms with E-state index < -0.39 is 0 Å². The fourth-order valence-electron chi connectivity index (χ4n) is 2.99. The summed E-state index contributed by atoms with van der Waals surface area (Å²) in [6, 6.07) is 16.0. The van der Waals surface area contributed by atoms with Crippen molar-refractivity contribution < 1.29 is 0 Å². The summed E-state index contributed by atoms with van der Waals surface area (Å²) in [6.07, 6.45) is 2.58. The van der Waals surface area contributed by atoms with Gasteiger partial charge in [0.05, 0.1) is 0 Å². The molecule has 1 heteroatoms. The van der Waals surface area contributed by atoms with Crippen LogP contribution in [0, 0.1) is 5.92 Å². The molecule has 3 rings (SSSR count). The SMILES string of the molecule is CCC1CCNC1c1ccc2ccccc2c1. The standard InChI is InChI=1S/C16H19N/c1-2-12-9-10-17-16(12)15-8-7-13-5-3-4-6-14(13)11-15/h3-8,11-12,16-17H,2,9-10H2,1H3. The summed E-state index contributed by atoms with van der Waals surface area (Å²) in [6.45, 7) is 3.46. The van der Waals surface area contributed by atoms with Crippen molar-refractivity contribution in [1.29, 1.82) is 0 Å². The molecule has 1 heterocycles. The fourth-order valence-corrected chi connectivity index (χ4v) is 2.99. The molecule has 0 radical (unpaired) electrons. The summed E-state index contributed by atoms with van der Waals surface area (Å²) in [7, 11) is 0. The summed E-state index contributed by atoms with van der Waals surface area (Å²) in [4.78, 5) is 0. The molecule has 0 saturated carbocycles. The van der Waals surface area contributed by atoms with Crippen LogP contribution >= 0.6 is 0 Å². The highest BCUT2D eigenvalue weighted by Crippen LogP contribution is 2.33. The normalized spacial score (nSPS) is 24.3. The van der Waals surface area contributed by atoms with Gasteiger partial charge in [-0.05, 0) is 41.3 Å². The second-order valence-electron chi connectivity index (χ2n) is 5.00. The molecule has 2 atom stereocenters. The van der Waals surface area contributed by atoms with E-state index in [0.717, 1.165) is 12.5 Å². The lowest BCUT2D eigenvalue weighted by Gasteiger charge is -2.19. The first-order valence-corrected chi connectivity index (χ1v) is 6.60. The Labute approximate surface area is 103 Å². The van der Waals surface area contributed by atoms with Crippen molar-refractivity contribution in [3.8, 4) is 0 Å². The Kier molecular flexibility index (Phi) is 2.86. The van der Waals surface area contributed by atoms with Gasteiger partial charge in [0.2, 0.25) is 0 Å². The van der Waals surface area contributed by atoms with E-state index in [1.54, 1.807) is 0 Å². The number of benzene rings is 2. The first-order valence-electron chi connectivity index (χ1n) is 6.60. The molecule has 2 aromatic rings. The number of nitrogens with one attached hydrogen (secondary N) is 1. The molecule has 0 aliphatic carbocycles. The minimum absolute atomic E-state index is 0.560. The largest absolute Gasteiger partial charge is 0.310 e. The van der Waals surface area contributed by atoms with Gasteiger partial charge in [0.25, 0.3) is 0 Å². The van der Waals surface area contributed by atoms with E-state index in [1.807, 2.05) is 0 Å². The highest BCUT2D eigenvalue weighted by atomic mass is 14.9. The molecule has 1 aliphatic rings. The van der Waals surface area contributed by atoms with Crippen LogP contribution in [0.25, 0.3) is 10.8 Å². The summed E-state index contributed by atoms with van der Waals surface area (Å²) >= 11 is 0. The molecule has 1 fully saturated rings. The van der Waals surface area contributed by atoms with E-state index in [1.165, 1.54) is 29.2 Å². The van der Waals surface area contributed by atoms with E-state index in [4.69, 9.17) is 0 Å². The molecule has 17 heavy (non-hydrogen) atoms. The first kappa shape index (κ1) is 10.8. The number of fused-ring (bicyclic) bond motifs is 1. The van der Waals surface area contributed by atoms with Gasteiger partial charge in [-0.3, -0.25) is 0 Å². The summed E-state index contributed by atoms with van der Waals surface area (Å²) in [5.74, 6) is 0.802. The molecule has 1 nitrogen and oxygen atoms in total. The van der Waals surface area contributed by atoms with Gasteiger partial charge in [-0.25, -0.2) is 0 Å². The molecule has 0 bridgehead atoms. The second kappa shape index (κ2) is 4.50. The Morgan fingerprint density at radius 3 is 2.76 bits per heavy atom. The molecule has 0 spiro atoms. The van der Waals surface area contributed by atoms with Gasteiger partial charge in [-0.15, -0.1) is 0 Å². The highest BCUT2D eigenvalue weighted by molar-refractivity contribution is 5.83. The lowest BCUT2D eigenvalue weighted by Crippen LogP contribution is -2.17. The van der Waals surface area contributed by atoms with E-state index in [9.17, 15) is 0 Å². The third-order valence-corrected chi connectivity index (χ3v) is 4.01. The zero-order valence-corrected chi connectivity index (χ0v) is 10.3. The maximum absolute atomic E-state index is 3.64. The topological polar surface area (TPSA) is 12.0 Å². The van der Waals surface area contributed by atoms with Gasteiger partial charge < -0.3 is 5.32 Å². The smallest absolute Gasteiger partial charge is 0.0349 e. The molecule has 0 aromatic heterocycles. The fraction of sp³-hybridized carbons (Fsp3) is 0.375. The van der Waals surface area contributed by atoms with Crippen LogP contribution < -0.4 is 5.32 Å². The Morgan fingerprint density at radius 2 is 1.94 bits per heavy atom. The molecule has 1 N–H and O–H groups in total. The minimum Gasteiger partial charge on any atom is -0.310 e. The summed E-state index contributed by atoms with van der Waals surface area (Å²) in [5.41, 5.74) is 1.45. The van der Waals surface area contributed by atoms with Crippen LogP contribution in [0.3, 0.4) is 0 Å². The quantitative estimate of drug-likeness (QED) is 0.817. The van der Waals surface area contributed by atoms with Crippen molar-refractivity contribution in [2.75, 3.05) is 6.54 Å². The zero-order valence-electron chi connectivity index (χ0n) is 10.3. The van der Waals surface area contributed by atoms with Crippen LogP contribution in [0.2, 0.25) is 0 Å². The van der Waals surface area contributed by atoms with Crippen LogP contribution in [0.15, 0.2) is 42.5 Å². The third kappa shape index (κ3) is 1.96. The van der Waals surface area contributed by atoms with Crippen molar-refractivity contribution in [3.05, 3.63) is 48.0 Å². The first-order chi connectivity index (χ1) is 8.38. The maximum atomic E-state index is 3.64. The van der Waals surface area contributed by atoms with Crippen LogP contribution in [0.5, 0.6) is 0 Å². The lowest BCUT2D eigenvalue weighted by molar-refractivity contribution is 0.450. The highest BCUT2D eigenvalue weighted by Gasteiger charge is 2.26. The van der Waals surface area contributed by atoms with E-state index >= 15 is 0 Å². The van der Waals surface area contributed by atoms with Gasteiger partial charge in [-0.2, -0.15) is 0 Å². The molecular weight excluding hydrogens is 206 g/mol. The Bertz CT molecular complexity index is 518. The van der Waals surface area contributed by atoms with E-state index in [0.29, 0.717) is 6.04 Å². The van der Waals surface area contributed by atoms with Crippen LogP contribution in [0.4, 0.5) is 0 Å². The molecule has 2 unspecified atom stereocenters. The monoisotopic (exact) mass is 225 g/mol. The van der Waals surface area contributed by atoms with Gasteiger partial charge in [0.1, 0.15) is 0 Å². The summed E-state index contributed by atoms with van der Waals surface area (Å²) < 4.78 is 0. The molecule has 88 valence electrons. The molecular formula is C16H19N. The molecule has 1 aliphatic heterocycles. The second-order valence-corrected chi connectivity index (χ2v) is 5.00. The lowest BCUT2D eigenvalue weighted by atomic mass is 9.91. The van der Waals surface area contributed by atoms with Crippen LogP contribution in [0.1, 0.15) is 31.4 Å². The maximum Gasteiger partial charge on any atom is 0.0349 e. The Balaban J connectivity index is 2.00. The van der Waals surface area contributed by atoms with Crippen molar-refractivity contribution in [3.63, 3.8) is 0 Å². The number of rotatable bonds is 2. The Hall–Kier alpha value is -1.34. The summed E-state index contributed by atoms with van der Waals surface area (Å²) in [5, 5.41) is 6.33. The van der Waals surface area contributed by atoms with Crippen molar-refractivity contribution in [2.45, 2.75) is 25.8 Å². The van der Waals surface area contributed by atoms with E-state index in [2.05, 4.69) is 54.7 Å². The van der Waals surface area contributed by atoms with Crippen molar-refractivity contribution >= 4 is 10.8 Å². The molecule has 0 amide bonds. The third-order valence-electron chi connectivity index (χ3n) is 4.01. The number of hydrogen-bond acceptors (Lipinski definition) is 1. The zero-order chi connectivity index (χ0) is 11.7. The van der Waals surface area contributed by atoms with E-state index in [-0.39, 0.29) is 0 Å². The molecule has 1 saturated heterocycles. The van der Waals surface area contributed by atoms with Crippen LogP contribution in [-0.4, -0.2) is 6.54 Å². The minimum atomic E-state index is 0.560. The predicted octanol–water partition coefficient (Wildman–Crippen LogP) is 3.90. The molecule has 2 aromatic carbocycles. The van der Waals surface area contributed by atoms with Gasteiger partial charge in [-0.1, -0.05) is 49.7 Å². The number of hydrogen-bond donors (Lipinski definition) is 1.